The summed E-state index contributed by atoms with van der Waals surface area (Å²) in [5, 5.41) is 8.61. The highest BCUT2D eigenvalue weighted by Crippen LogP contribution is 3.02. The molecular weight excluding hydrogens is 551 g/mol. The predicted molar refractivity (Wildman–Crippen MR) is 136 cm³/mol. The number of H-pyrrole nitrogens is 1. The summed E-state index contributed by atoms with van der Waals surface area (Å²) in [4.78, 5) is 10.0. The molecule has 2 heterocycles. The number of hydrogen-bond acceptors (Lipinski definition) is 5. The Morgan fingerprint density at radius 1 is 0.842 bits per heavy atom. The molecule has 1 aliphatic rings. The van der Waals surface area contributed by atoms with Crippen LogP contribution in [0.5, 0.6) is 0 Å². The molecule has 1 saturated carbocycles. The third kappa shape index (κ3) is 5.27. The smallest absolute Gasteiger partial charge is 0.347 e. The van der Waals surface area contributed by atoms with E-state index in [0.717, 1.165) is 17.7 Å². The van der Waals surface area contributed by atoms with Crippen molar-refractivity contribution in [2.75, 3.05) is 5.32 Å². The summed E-state index contributed by atoms with van der Waals surface area (Å²) >= 11 is 0. The van der Waals surface area contributed by atoms with Crippen molar-refractivity contribution < 1.29 is 27.8 Å². The van der Waals surface area contributed by atoms with Gasteiger partial charge in [0.2, 0.25) is 0 Å². The van der Waals surface area contributed by atoms with Crippen molar-refractivity contribution >= 4 is 31.4 Å². The second-order valence-electron chi connectivity index (χ2n) is 9.36. The summed E-state index contributed by atoms with van der Waals surface area (Å²) in [7, 11) is -13.4. The van der Waals surface area contributed by atoms with Crippen molar-refractivity contribution in [3.8, 4) is 11.1 Å². The minimum atomic E-state index is -9.73. The fraction of sp³-hybridized carbons (Fsp3) is 0.250. The summed E-state index contributed by atoms with van der Waals surface area (Å²) in [6, 6.07) is 12.3. The zero-order valence-corrected chi connectivity index (χ0v) is 21.3. The topological polar surface area (TPSA) is 96.3 Å². The Balaban J connectivity index is 1.23. The maximum Gasteiger partial charge on any atom is 0.347 e. The highest BCUT2D eigenvalue weighted by atomic mass is 32.5. The molecule has 14 heteroatoms. The highest BCUT2D eigenvalue weighted by Gasteiger charge is 2.65. The van der Waals surface area contributed by atoms with Crippen molar-refractivity contribution in [1.82, 2.24) is 14.6 Å². The molecule has 0 radical (unpaired) electrons. The molecule has 2 aromatic heterocycles. The monoisotopic (exact) mass is 574 g/mol. The zero-order chi connectivity index (χ0) is 27.4. The number of aromatic amines is 1. The Morgan fingerprint density at radius 3 is 2.05 bits per heavy atom. The molecule has 5 rings (SSSR count). The third-order valence-electron chi connectivity index (χ3n) is 6.71. The van der Waals surface area contributed by atoms with Gasteiger partial charge in [0.1, 0.15) is 4.90 Å². The normalized spacial score (nSPS) is 20.6. The first-order chi connectivity index (χ1) is 17.6. The van der Waals surface area contributed by atoms with Crippen molar-refractivity contribution in [2.45, 2.75) is 46.8 Å². The van der Waals surface area contributed by atoms with Crippen LogP contribution in [0.25, 0.3) is 16.8 Å². The molecule has 4 aromatic rings. The van der Waals surface area contributed by atoms with Crippen LogP contribution >= 0.6 is 10.2 Å². The molecule has 0 aliphatic heterocycles. The van der Waals surface area contributed by atoms with Crippen LogP contribution in [0.4, 0.5) is 25.1 Å². The Morgan fingerprint density at radius 2 is 1.45 bits per heavy atom. The van der Waals surface area contributed by atoms with E-state index < -0.39 is 30.2 Å². The maximum atomic E-state index is 13.2. The number of sulfone groups is 1. The molecule has 1 aliphatic carbocycles. The second-order valence-corrected chi connectivity index (χ2v) is 14.0. The van der Waals surface area contributed by atoms with E-state index in [2.05, 4.69) is 15.5 Å². The van der Waals surface area contributed by atoms with Gasteiger partial charge in [0.25, 0.3) is 0 Å². The van der Waals surface area contributed by atoms with Gasteiger partial charge in [-0.05, 0) is 85.3 Å². The maximum absolute atomic E-state index is 13.2. The van der Waals surface area contributed by atoms with Crippen LogP contribution in [-0.2, 0) is 9.84 Å². The molecule has 2 N–H and O–H groups in total. The van der Waals surface area contributed by atoms with E-state index >= 15 is 0 Å². The number of aromatic nitrogens is 3. The predicted octanol–water partition coefficient (Wildman–Crippen LogP) is 6.54. The van der Waals surface area contributed by atoms with Crippen LogP contribution in [0.1, 0.15) is 25.7 Å². The average molecular weight is 575 g/mol. The molecule has 0 spiro atoms. The van der Waals surface area contributed by atoms with Gasteiger partial charge in [0, 0.05) is 17.9 Å². The molecule has 204 valence electrons. The number of nitrogens with zero attached hydrogens (tertiary/aromatic N) is 2. The number of anilines is 1. The Hall–Kier alpha value is -3.39. The molecule has 1 fully saturated rings. The number of benzene rings is 2. The molecule has 0 bridgehead atoms. The molecule has 0 unspecified atom stereocenters. The lowest BCUT2D eigenvalue weighted by Gasteiger charge is -2.40. The van der Waals surface area contributed by atoms with E-state index in [1.54, 1.807) is 30.5 Å². The van der Waals surface area contributed by atoms with Gasteiger partial charge in [-0.3, -0.25) is 0 Å². The lowest BCUT2D eigenvalue weighted by molar-refractivity contribution is 0.364. The van der Waals surface area contributed by atoms with Crippen LogP contribution in [0.3, 0.4) is 0 Å². The van der Waals surface area contributed by atoms with Gasteiger partial charge in [-0.15, -0.1) is 0 Å². The molecule has 0 saturated heterocycles. The molecule has 0 amide bonds. The van der Waals surface area contributed by atoms with Gasteiger partial charge < -0.3 is 5.32 Å². The van der Waals surface area contributed by atoms with Crippen LogP contribution in [-0.4, -0.2) is 34.3 Å². The number of fused-ring (bicyclic) bond motifs is 1. The van der Waals surface area contributed by atoms with Gasteiger partial charge in [-0.1, -0.05) is 31.6 Å². The minimum Gasteiger partial charge on any atom is -0.382 e. The van der Waals surface area contributed by atoms with E-state index in [1.165, 1.54) is 16.5 Å². The summed E-state index contributed by atoms with van der Waals surface area (Å²) in [5.74, 6) is 0. The Kier molecular flexibility index (Phi) is 5.73. The molecular formula is C24H23F5N4O3S2. The standard InChI is InChI=1S/C24H23F5N4O3S2/c25-38(26,27,28,29)22-12-6-19(7-13-22)30-18-4-10-21(11-5-18)37(35,36)20-8-1-16(2-9-20)17-3-14-23-31-32-24(34)33(23)15-17/h1-3,6-9,12-15,18,21,30H,4-5,10-11H2,(H,32,34). The quantitative estimate of drug-likeness (QED) is 0.255. The number of pyridine rings is 1. The van der Waals surface area contributed by atoms with Gasteiger partial charge in [-0.2, -0.15) is 5.10 Å². The van der Waals surface area contributed by atoms with Crippen LogP contribution in [0, 0.1) is 0 Å². The molecule has 38 heavy (non-hydrogen) atoms. The molecule has 7 nitrogen and oxygen atoms in total. The van der Waals surface area contributed by atoms with Crippen LogP contribution in [0.15, 0.2) is 81.4 Å². The van der Waals surface area contributed by atoms with Crippen molar-refractivity contribution in [3.63, 3.8) is 0 Å². The summed E-state index contributed by atoms with van der Waals surface area (Å²) in [6.45, 7) is 0. The number of rotatable bonds is 6. The lowest BCUT2D eigenvalue weighted by atomic mass is 9.95. The van der Waals surface area contributed by atoms with Crippen molar-refractivity contribution in [2.24, 2.45) is 0 Å². The van der Waals surface area contributed by atoms with Gasteiger partial charge in [0.05, 0.1) is 10.1 Å². The Bertz CT molecular complexity index is 1660. The van der Waals surface area contributed by atoms with Gasteiger partial charge in [-0.25, -0.2) is 22.7 Å². The first kappa shape index (κ1) is 26.2. The van der Waals surface area contributed by atoms with Crippen molar-refractivity contribution in [1.29, 1.82) is 0 Å². The molecule has 0 atom stereocenters. The van der Waals surface area contributed by atoms with E-state index in [9.17, 15) is 32.6 Å². The van der Waals surface area contributed by atoms with Gasteiger partial charge >= 0.3 is 15.9 Å². The average Bonchev–Trinajstić information content (AvgIpc) is 3.23. The van der Waals surface area contributed by atoms with E-state index in [1.807, 2.05) is 0 Å². The highest BCUT2D eigenvalue weighted by molar-refractivity contribution is 8.45. The van der Waals surface area contributed by atoms with Crippen LogP contribution < -0.4 is 11.0 Å². The SMILES string of the molecule is O=c1[nH]nc2ccc(-c3ccc(S(=O)(=O)C4CCC(Nc5ccc(S(F)(F)(F)(F)F)cc5)CC4)cc3)cn12. The summed E-state index contributed by atoms with van der Waals surface area (Å²) < 4.78 is 92.3. The van der Waals surface area contributed by atoms with E-state index in [4.69, 9.17) is 0 Å². The molecule has 2 aromatic carbocycles. The summed E-state index contributed by atoms with van der Waals surface area (Å²) in [6.07, 6.45) is 3.19. The number of halogens is 5. The summed E-state index contributed by atoms with van der Waals surface area (Å²) in [5.41, 5.74) is 1.78. The number of nitrogens with one attached hydrogen (secondary N) is 2. The van der Waals surface area contributed by atoms with Gasteiger partial charge in [0.15, 0.2) is 15.5 Å². The first-order valence-corrected chi connectivity index (χ1v) is 15.1. The zero-order valence-electron chi connectivity index (χ0n) is 19.7. The fourth-order valence-corrected chi connectivity index (χ4v) is 7.11. The van der Waals surface area contributed by atoms with E-state index in [-0.39, 0.29) is 22.3 Å². The minimum absolute atomic E-state index is 0.172. The largest absolute Gasteiger partial charge is 0.382 e. The third-order valence-corrected chi connectivity index (χ3v) is 10.2. The van der Waals surface area contributed by atoms with Crippen molar-refractivity contribution in [3.05, 3.63) is 77.3 Å². The number of hydrogen-bond donors (Lipinski definition) is 2. The Labute approximate surface area is 214 Å². The fourth-order valence-electron chi connectivity index (χ4n) is 4.67. The first-order valence-electron chi connectivity index (χ1n) is 11.6. The van der Waals surface area contributed by atoms with E-state index in [0.29, 0.717) is 49.0 Å². The lowest BCUT2D eigenvalue weighted by Crippen LogP contribution is -2.32. The van der Waals surface area contributed by atoms with Crippen LogP contribution in [0.2, 0.25) is 0 Å². The second kappa shape index (κ2) is 8.30.